The van der Waals surface area contributed by atoms with Crippen LogP contribution in [-0.4, -0.2) is 54.4 Å². The Labute approximate surface area is 79.1 Å². The van der Waals surface area contributed by atoms with Crippen LogP contribution in [0.3, 0.4) is 0 Å². The van der Waals surface area contributed by atoms with E-state index in [0.717, 1.165) is 0 Å². The van der Waals surface area contributed by atoms with Gasteiger partial charge in [0.05, 0.1) is 6.61 Å². The first-order valence-corrected chi connectivity index (χ1v) is 5.77. The third kappa shape index (κ3) is 2.01. The van der Waals surface area contributed by atoms with Crippen LogP contribution in [-0.2, 0) is 10.2 Å². The number of hydrogen-bond acceptors (Lipinski definition) is 3. The zero-order valence-electron chi connectivity index (χ0n) is 7.97. The molecule has 1 N–H and O–H groups in total. The molecule has 1 aliphatic heterocycles. The molecule has 0 aliphatic carbocycles. The van der Waals surface area contributed by atoms with Gasteiger partial charge in [-0.3, -0.25) is 0 Å². The summed E-state index contributed by atoms with van der Waals surface area (Å²) in [6.07, 6.45) is 0. The molecule has 0 saturated carbocycles. The number of hydrogen-bond donors (Lipinski definition) is 1. The van der Waals surface area contributed by atoms with Crippen molar-refractivity contribution in [3.8, 4) is 0 Å². The van der Waals surface area contributed by atoms with E-state index in [4.69, 9.17) is 5.11 Å². The second kappa shape index (κ2) is 3.91. The Morgan fingerprint density at radius 1 is 1.38 bits per heavy atom. The molecule has 0 amide bonds. The third-order valence-corrected chi connectivity index (χ3v) is 4.33. The van der Waals surface area contributed by atoms with Crippen LogP contribution in [0.15, 0.2) is 0 Å². The first kappa shape index (κ1) is 10.9. The fourth-order valence-corrected chi connectivity index (χ4v) is 3.22. The van der Waals surface area contributed by atoms with Crippen molar-refractivity contribution >= 4 is 10.2 Å². The number of aliphatic hydroxyl groups is 1. The summed E-state index contributed by atoms with van der Waals surface area (Å²) in [6, 6.07) is -0.00584. The molecule has 0 radical (unpaired) electrons. The Bertz CT molecular complexity index is 263. The number of aliphatic hydroxyl groups excluding tert-OH is 1. The molecule has 0 aromatic heterocycles. The van der Waals surface area contributed by atoms with E-state index in [1.807, 2.05) is 13.8 Å². The topological polar surface area (TPSA) is 60.9 Å². The first-order valence-electron chi connectivity index (χ1n) is 4.38. The average molecular weight is 208 g/mol. The monoisotopic (exact) mass is 208 g/mol. The van der Waals surface area contributed by atoms with Crippen LogP contribution >= 0.6 is 0 Å². The van der Waals surface area contributed by atoms with Gasteiger partial charge in [-0.1, -0.05) is 0 Å². The average Bonchev–Trinajstić information content (AvgIpc) is 2.28. The van der Waals surface area contributed by atoms with E-state index in [9.17, 15) is 8.42 Å². The van der Waals surface area contributed by atoms with Gasteiger partial charge < -0.3 is 5.11 Å². The minimum absolute atomic E-state index is 0.00584. The summed E-state index contributed by atoms with van der Waals surface area (Å²) < 4.78 is 26.1. The van der Waals surface area contributed by atoms with Crippen molar-refractivity contribution in [2.75, 3.05) is 26.2 Å². The van der Waals surface area contributed by atoms with Crippen LogP contribution in [0.25, 0.3) is 0 Å². The van der Waals surface area contributed by atoms with E-state index in [2.05, 4.69) is 0 Å². The van der Waals surface area contributed by atoms with Crippen molar-refractivity contribution in [3.63, 3.8) is 0 Å². The van der Waals surface area contributed by atoms with E-state index in [0.29, 0.717) is 13.1 Å². The van der Waals surface area contributed by atoms with Gasteiger partial charge in [-0.05, 0) is 13.8 Å². The summed E-state index contributed by atoms with van der Waals surface area (Å²) in [7, 11) is -3.28. The minimum atomic E-state index is -3.28. The van der Waals surface area contributed by atoms with Crippen LogP contribution in [0, 0.1) is 0 Å². The van der Waals surface area contributed by atoms with Gasteiger partial charge in [-0.25, -0.2) is 0 Å². The van der Waals surface area contributed by atoms with Gasteiger partial charge in [-0.15, -0.1) is 0 Å². The van der Waals surface area contributed by atoms with Crippen molar-refractivity contribution in [1.29, 1.82) is 0 Å². The highest BCUT2D eigenvalue weighted by Crippen LogP contribution is 2.18. The second-order valence-electron chi connectivity index (χ2n) is 3.33. The Balaban J connectivity index is 2.77. The largest absolute Gasteiger partial charge is 0.395 e. The Hall–Kier alpha value is -0.170. The van der Waals surface area contributed by atoms with E-state index >= 15 is 0 Å². The molecular formula is C7H16N2O3S. The fourth-order valence-electron chi connectivity index (χ4n) is 1.45. The van der Waals surface area contributed by atoms with Crippen molar-refractivity contribution in [3.05, 3.63) is 0 Å². The summed E-state index contributed by atoms with van der Waals surface area (Å²) in [4.78, 5) is 0. The quantitative estimate of drug-likeness (QED) is 0.664. The van der Waals surface area contributed by atoms with Gasteiger partial charge in [0.1, 0.15) is 0 Å². The van der Waals surface area contributed by atoms with Gasteiger partial charge in [0.15, 0.2) is 0 Å². The molecule has 5 nitrogen and oxygen atoms in total. The SMILES string of the molecule is CC(C)N1CCN(CCO)S1(=O)=O. The molecule has 0 spiro atoms. The summed E-state index contributed by atoms with van der Waals surface area (Å²) in [5.41, 5.74) is 0. The highest BCUT2D eigenvalue weighted by atomic mass is 32.2. The molecule has 1 heterocycles. The lowest BCUT2D eigenvalue weighted by molar-refractivity contribution is 0.260. The minimum Gasteiger partial charge on any atom is -0.395 e. The van der Waals surface area contributed by atoms with Crippen LogP contribution in [0.2, 0.25) is 0 Å². The molecule has 13 heavy (non-hydrogen) atoms. The van der Waals surface area contributed by atoms with Crippen molar-refractivity contribution in [1.82, 2.24) is 8.61 Å². The number of rotatable bonds is 3. The molecule has 0 atom stereocenters. The van der Waals surface area contributed by atoms with E-state index < -0.39 is 10.2 Å². The molecule has 1 aliphatic rings. The Morgan fingerprint density at radius 2 is 2.00 bits per heavy atom. The lowest BCUT2D eigenvalue weighted by Crippen LogP contribution is -2.38. The molecule has 0 aromatic carbocycles. The van der Waals surface area contributed by atoms with Crippen LogP contribution in [0.5, 0.6) is 0 Å². The summed E-state index contributed by atoms with van der Waals surface area (Å²) in [5.74, 6) is 0. The Morgan fingerprint density at radius 3 is 2.38 bits per heavy atom. The molecule has 0 bridgehead atoms. The zero-order chi connectivity index (χ0) is 10.1. The Kier molecular flexibility index (Phi) is 3.28. The normalized spacial score (nSPS) is 24.3. The fraction of sp³-hybridized carbons (Fsp3) is 1.00. The van der Waals surface area contributed by atoms with Crippen LogP contribution in [0.4, 0.5) is 0 Å². The highest BCUT2D eigenvalue weighted by Gasteiger charge is 2.37. The van der Waals surface area contributed by atoms with Crippen LogP contribution in [0.1, 0.15) is 13.8 Å². The van der Waals surface area contributed by atoms with E-state index in [1.54, 1.807) is 0 Å². The van der Waals surface area contributed by atoms with Gasteiger partial charge >= 0.3 is 0 Å². The van der Waals surface area contributed by atoms with Gasteiger partial charge in [0.2, 0.25) is 0 Å². The first-order chi connectivity index (χ1) is 6.00. The molecule has 1 fully saturated rings. The van der Waals surface area contributed by atoms with Crippen molar-refractivity contribution in [2.24, 2.45) is 0 Å². The maximum absolute atomic E-state index is 11.7. The maximum atomic E-state index is 11.7. The molecule has 1 saturated heterocycles. The lowest BCUT2D eigenvalue weighted by Gasteiger charge is -2.20. The lowest BCUT2D eigenvalue weighted by atomic mass is 10.4. The molecule has 6 heteroatoms. The third-order valence-electron chi connectivity index (χ3n) is 2.12. The van der Waals surface area contributed by atoms with Crippen molar-refractivity contribution < 1.29 is 13.5 Å². The standard InChI is InChI=1S/C7H16N2O3S/c1-7(2)9-4-3-8(5-6-10)13(9,11)12/h7,10H,3-6H2,1-2H3. The molecular weight excluding hydrogens is 192 g/mol. The highest BCUT2D eigenvalue weighted by molar-refractivity contribution is 7.87. The van der Waals surface area contributed by atoms with Crippen molar-refractivity contribution in [2.45, 2.75) is 19.9 Å². The predicted octanol–water partition coefficient (Wildman–Crippen LogP) is -0.750. The maximum Gasteiger partial charge on any atom is 0.282 e. The van der Waals surface area contributed by atoms with Crippen LogP contribution < -0.4 is 0 Å². The molecule has 0 unspecified atom stereocenters. The smallest absolute Gasteiger partial charge is 0.282 e. The molecule has 0 aromatic rings. The van der Waals surface area contributed by atoms with E-state index in [1.165, 1.54) is 8.61 Å². The summed E-state index contributed by atoms with van der Waals surface area (Å²) >= 11 is 0. The van der Waals surface area contributed by atoms with Gasteiger partial charge in [0, 0.05) is 25.7 Å². The number of β-amino-alcohol motifs (C(OH)–C–C–N with tert-alkyl or cyclic N) is 1. The summed E-state index contributed by atoms with van der Waals surface area (Å²) in [6.45, 7) is 4.79. The van der Waals surface area contributed by atoms with Gasteiger partial charge in [-0.2, -0.15) is 17.0 Å². The zero-order valence-corrected chi connectivity index (χ0v) is 8.79. The summed E-state index contributed by atoms with van der Waals surface area (Å²) in [5, 5.41) is 8.66. The molecule has 1 rings (SSSR count). The van der Waals surface area contributed by atoms with E-state index in [-0.39, 0.29) is 19.2 Å². The van der Waals surface area contributed by atoms with Gasteiger partial charge in [0.25, 0.3) is 10.2 Å². The second-order valence-corrected chi connectivity index (χ2v) is 5.22. The predicted molar refractivity (Wildman–Crippen MR) is 49.4 cm³/mol. The number of nitrogens with zero attached hydrogens (tertiary/aromatic N) is 2. The molecule has 78 valence electrons.